The third-order valence-electron chi connectivity index (χ3n) is 3.35. The molecule has 0 spiro atoms. The summed E-state index contributed by atoms with van der Waals surface area (Å²) >= 11 is 0. The summed E-state index contributed by atoms with van der Waals surface area (Å²) in [4.78, 5) is 0. The lowest BCUT2D eigenvalue weighted by molar-refractivity contribution is 0.0987. The lowest BCUT2D eigenvalue weighted by Crippen LogP contribution is -2.36. The summed E-state index contributed by atoms with van der Waals surface area (Å²) in [7, 11) is -2.89. The van der Waals surface area contributed by atoms with Gasteiger partial charge >= 0.3 is 0 Å². The smallest absolute Gasteiger partial charge is 0.147 e. The Kier molecular flexibility index (Phi) is 4.14. The zero-order valence-electron chi connectivity index (χ0n) is 9.28. The van der Waals surface area contributed by atoms with E-state index in [0.29, 0.717) is 18.9 Å². The molecule has 4 nitrogen and oxygen atoms in total. The van der Waals surface area contributed by atoms with Gasteiger partial charge in [-0.3, -0.25) is 0 Å². The largest absolute Gasteiger partial charge is 0.396 e. The SMILES string of the molecule is CS(=O)(=O)CCCC(CN)(CO)C1CC1. The Morgan fingerprint density at radius 1 is 1.47 bits per heavy atom. The maximum atomic E-state index is 11.0. The summed E-state index contributed by atoms with van der Waals surface area (Å²) in [5, 5.41) is 9.39. The molecular formula is C10H21NO3S. The van der Waals surface area contributed by atoms with Crippen LogP contribution in [0.2, 0.25) is 0 Å². The average molecular weight is 235 g/mol. The van der Waals surface area contributed by atoms with Crippen molar-refractivity contribution in [2.75, 3.05) is 25.2 Å². The van der Waals surface area contributed by atoms with Gasteiger partial charge in [-0.15, -0.1) is 0 Å². The van der Waals surface area contributed by atoms with E-state index in [1.807, 2.05) is 0 Å². The van der Waals surface area contributed by atoms with Gasteiger partial charge in [-0.2, -0.15) is 0 Å². The van der Waals surface area contributed by atoms with Gasteiger partial charge in [-0.25, -0.2) is 8.42 Å². The van der Waals surface area contributed by atoms with Gasteiger partial charge < -0.3 is 10.8 Å². The van der Waals surface area contributed by atoms with Crippen LogP contribution in [-0.2, 0) is 9.84 Å². The molecule has 0 radical (unpaired) electrons. The maximum absolute atomic E-state index is 11.0. The van der Waals surface area contributed by atoms with E-state index in [-0.39, 0.29) is 17.8 Å². The molecule has 1 saturated carbocycles. The summed E-state index contributed by atoms with van der Waals surface area (Å²) in [5.74, 6) is 0.702. The summed E-state index contributed by atoms with van der Waals surface area (Å²) in [5.41, 5.74) is 5.48. The first-order chi connectivity index (χ1) is 6.93. The molecule has 5 heteroatoms. The molecular weight excluding hydrogens is 214 g/mol. The first-order valence-corrected chi connectivity index (χ1v) is 7.48. The van der Waals surface area contributed by atoms with E-state index in [1.54, 1.807) is 0 Å². The minimum Gasteiger partial charge on any atom is -0.396 e. The zero-order valence-corrected chi connectivity index (χ0v) is 10.1. The Morgan fingerprint density at radius 2 is 2.07 bits per heavy atom. The molecule has 90 valence electrons. The second kappa shape index (κ2) is 4.80. The van der Waals surface area contributed by atoms with Gasteiger partial charge in [0.1, 0.15) is 9.84 Å². The highest BCUT2D eigenvalue weighted by atomic mass is 32.2. The Balaban J connectivity index is 2.45. The predicted molar refractivity (Wildman–Crippen MR) is 60.2 cm³/mol. The van der Waals surface area contributed by atoms with Crippen LogP contribution in [-0.4, -0.2) is 38.7 Å². The molecule has 3 N–H and O–H groups in total. The molecule has 0 aromatic heterocycles. The van der Waals surface area contributed by atoms with Crippen molar-refractivity contribution >= 4 is 9.84 Å². The van der Waals surface area contributed by atoms with Crippen LogP contribution in [0.25, 0.3) is 0 Å². The molecule has 0 aromatic carbocycles. The van der Waals surface area contributed by atoms with Crippen LogP contribution in [0.3, 0.4) is 0 Å². The molecule has 0 bridgehead atoms. The zero-order chi connectivity index (χ0) is 11.5. The molecule has 0 saturated heterocycles. The van der Waals surface area contributed by atoms with Crippen molar-refractivity contribution in [2.45, 2.75) is 25.7 Å². The van der Waals surface area contributed by atoms with E-state index in [2.05, 4.69) is 0 Å². The highest BCUT2D eigenvalue weighted by Gasteiger charge is 2.43. The van der Waals surface area contributed by atoms with E-state index < -0.39 is 9.84 Å². The third-order valence-corrected chi connectivity index (χ3v) is 4.38. The number of hydrogen-bond donors (Lipinski definition) is 2. The molecule has 1 rings (SSSR count). The fourth-order valence-corrected chi connectivity index (χ4v) is 2.80. The molecule has 15 heavy (non-hydrogen) atoms. The summed E-state index contributed by atoms with van der Waals surface area (Å²) in [6.07, 6.45) is 4.81. The number of sulfone groups is 1. The van der Waals surface area contributed by atoms with E-state index in [4.69, 9.17) is 5.73 Å². The van der Waals surface area contributed by atoms with Crippen LogP contribution >= 0.6 is 0 Å². The Morgan fingerprint density at radius 3 is 2.40 bits per heavy atom. The number of hydrogen-bond acceptors (Lipinski definition) is 4. The van der Waals surface area contributed by atoms with E-state index in [9.17, 15) is 13.5 Å². The fraction of sp³-hybridized carbons (Fsp3) is 1.00. The van der Waals surface area contributed by atoms with Crippen molar-refractivity contribution in [3.8, 4) is 0 Å². The highest BCUT2D eigenvalue weighted by molar-refractivity contribution is 7.90. The lowest BCUT2D eigenvalue weighted by Gasteiger charge is -2.30. The topological polar surface area (TPSA) is 80.4 Å². The van der Waals surface area contributed by atoms with Gasteiger partial charge in [0.05, 0.1) is 6.61 Å². The average Bonchev–Trinajstić information content (AvgIpc) is 2.95. The van der Waals surface area contributed by atoms with E-state index in [0.717, 1.165) is 19.3 Å². The number of aliphatic hydroxyl groups excluding tert-OH is 1. The van der Waals surface area contributed by atoms with Crippen molar-refractivity contribution in [3.05, 3.63) is 0 Å². The van der Waals surface area contributed by atoms with Crippen LogP contribution in [0.15, 0.2) is 0 Å². The Bertz CT molecular complexity index is 292. The van der Waals surface area contributed by atoms with Gasteiger partial charge in [0.15, 0.2) is 0 Å². The number of nitrogens with two attached hydrogens (primary N) is 1. The quantitative estimate of drug-likeness (QED) is 0.658. The second-order valence-corrected chi connectivity index (χ2v) is 6.99. The third kappa shape index (κ3) is 3.74. The molecule has 1 atom stereocenters. The van der Waals surface area contributed by atoms with Gasteiger partial charge in [-0.05, 0) is 31.6 Å². The van der Waals surface area contributed by atoms with Crippen LogP contribution in [0.1, 0.15) is 25.7 Å². The van der Waals surface area contributed by atoms with Crippen molar-refractivity contribution in [2.24, 2.45) is 17.1 Å². The van der Waals surface area contributed by atoms with Crippen LogP contribution in [0.5, 0.6) is 0 Å². The van der Waals surface area contributed by atoms with E-state index >= 15 is 0 Å². The van der Waals surface area contributed by atoms with Crippen LogP contribution in [0, 0.1) is 11.3 Å². The van der Waals surface area contributed by atoms with Gasteiger partial charge in [0.25, 0.3) is 0 Å². The Labute approximate surface area is 91.8 Å². The minimum absolute atomic E-state index is 0.0813. The second-order valence-electron chi connectivity index (χ2n) is 4.73. The molecule has 1 fully saturated rings. The molecule has 1 aliphatic rings. The number of aliphatic hydroxyl groups is 1. The summed E-state index contributed by atoms with van der Waals surface area (Å²) in [6.45, 7) is 0.538. The monoisotopic (exact) mass is 235 g/mol. The first kappa shape index (κ1) is 12.9. The standard InChI is InChI=1S/C10H21NO3S/c1-15(13,14)6-2-5-10(7-11,8-12)9-3-4-9/h9,12H,2-8,11H2,1H3. The minimum atomic E-state index is -2.89. The molecule has 0 aromatic rings. The first-order valence-electron chi connectivity index (χ1n) is 5.42. The molecule has 0 aliphatic heterocycles. The molecule has 1 unspecified atom stereocenters. The number of rotatable bonds is 7. The van der Waals surface area contributed by atoms with E-state index in [1.165, 1.54) is 6.26 Å². The van der Waals surface area contributed by atoms with Crippen molar-refractivity contribution < 1.29 is 13.5 Å². The fourth-order valence-electron chi connectivity index (χ4n) is 2.13. The lowest BCUT2D eigenvalue weighted by atomic mass is 9.79. The van der Waals surface area contributed by atoms with Gasteiger partial charge in [0, 0.05) is 24.0 Å². The molecule has 0 amide bonds. The van der Waals surface area contributed by atoms with Crippen molar-refractivity contribution in [3.63, 3.8) is 0 Å². The van der Waals surface area contributed by atoms with Crippen LogP contribution in [0.4, 0.5) is 0 Å². The Hall–Kier alpha value is -0.130. The molecule has 0 heterocycles. The van der Waals surface area contributed by atoms with Gasteiger partial charge in [0.2, 0.25) is 0 Å². The predicted octanol–water partition coefficient (Wildman–Crippen LogP) is 0.159. The molecule has 1 aliphatic carbocycles. The van der Waals surface area contributed by atoms with Crippen molar-refractivity contribution in [1.29, 1.82) is 0 Å². The summed E-state index contributed by atoms with van der Waals surface area (Å²) in [6, 6.07) is 0. The summed E-state index contributed by atoms with van der Waals surface area (Å²) < 4.78 is 22.0. The van der Waals surface area contributed by atoms with Crippen molar-refractivity contribution in [1.82, 2.24) is 0 Å². The maximum Gasteiger partial charge on any atom is 0.147 e. The highest BCUT2D eigenvalue weighted by Crippen LogP contribution is 2.47. The van der Waals surface area contributed by atoms with Crippen LogP contribution < -0.4 is 5.73 Å². The van der Waals surface area contributed by atoms with Gasteiger partial charge in [-0.1, -0.05) is 0 Å². The normalized spacial score (nSPS) is 21.3.